The molecule has 0 amide bonds. The second kappa shape index (κ2) is 4.03. The van der Waals surface area contributed by atoms with Gasteiger partial charge in [-0.25, -0.2) is 0 Å². The van der Waals surface area contributed by atoms with Crippen LogP contribution in [0, 0.1) is 0 Å². The van der Waals surface area contributed by atoms with E-state index in [4.69, 9.17) is 4.74 Å². The number of nitrogens with zero attached hydrogens (tertiary/aromatic N) is 1. The molecule has 0 aromatic heterocycles. The summed E-state index contributed by atoms with van der Waals surface area (Å²) in [5.41, 5.74) is 2.42. The number of fused-ring (bicyclic) bond motifs is 3. The SMILES string of the molecule is FC1(F)c2cc(-c3ccccc3)ccc2N2CCOC21. The topological polar surface area (TPSA) is 12.5 Å². The zero-order valence-electron chi connectivity index (χ0n) is 10.7. The number of anilines is 1. The zero-order valence-corrected chi connectivity index (χ0v) is 10.7. The first-order chi connectivity index (χ1) is 9.68. The van der Waals surface area contributed by atoms with Crippen LogP contribution in [0.1, 0.15) is 5.56 Å². The van der Waals surface area contributed by atoms with Crippen LogP contribution in [0.4, 0.5) is 14.5 Å². The van der Waals surface area contributed by atoms with Gasteiger partial charge in [-0.3, -0.25) is 0 Å². The maximum atomic E-state index is 14.4. The Balaban J connectivity index is 1.85. The summed E-state index contributed by atoms with van der Waals surface area (Å²) in [5, 5.41) is 0. The van der Waals surface area contributed by atoms with Crippen molar-refractivity contribution >= 4 is 5.69 Å². The number of hydrogen-bond acceptors (Lipinski definition) is 2. The first-order valence-electron chi connectivity index (χ1n) is 6.64. The Morgan fingerprint density at radius 1 is 1.05 bits per heavy atom. The van der Waals surface area contributed by atoms with Crippen molar-refractivity contribution in [3.05, 3.63) is 54.1 Å². The van der Waals surface area contributed by atoms with E-state index in [2.05, 4.69) is 0 Å². The molecule has 2 aromatic carbocycles. The Hall–Kier alpha value is -1.94. The highest BCUT2D eigenvalue weighted by atomic mass is 19.3. The van der Waals surface area contributed by atoms with Crippen molar-refractivity contribution < 1.29 is 13.5 Å². The summed E-state index contributed by atoms with van der Waals surface area (Å²) in [5.74, 6) is -2.95. The summed E-state index contributed by atoms with van der Waals surface area (Å²) in [7, 11) is 0. The lowest BCUT2D eigenvalue weighted by Gasteiger charge is -2.19. The molecule has 2 heterocycles. The second-order valence-corrected chi connectivity index (χ2v) is 5.14. The van der Waals surface area contributed by atoms with Gasteiger partial charge in [-0.05, 0) is 23.3 Å². The van der Waals surface area contributed by atoms with E-state index in [9.17, 15) is 8.78 Å². The van der Waals surface area contributed by atoms with Crippen molar-refractivity contribution in [2.75, 3.05) is 18.1 Å². The summed E-state index contributed by atoms with van der Waals surface area (Å²) < 4.78 is 34.0. The molecule has 0 saturated carbocycles. The third-order valence-corrected chi connectivity index (χ3v) is 3.97. The molecule has 2 nitrogen and oxygen atoms in total. The lowest BCUT2D eigenvalue weighted by atomic mass is 10.0. The molecule has 4 heteroatoms. The predicted molar refractivity (Wildman–Crippen MR) is 72.9 cm³/mol. The molecule has 0 spiro atoms. The maximum absolute atomic E-state index is 14.4. The van der Waals surface area contributed by atoms with E-state index in [0.29, 0.717) is 18.8 Å². The molecule has 102 valence electrons. The van der Waals surface area contributed by atoms with Crippen molar-refractivity contribution in [1.29, 1.82) is 0 Å². The number of hydrogen-bond donors (Lipinski definition) is 0. The van der Waals surface area contributed by atoms with E-state index in [1.165, 1.54) is 0 Å². The minimum absolute atomic E-state index is 0.0727. The monoisotopic (exact) mass is 273 g/mol. The van der Waals surface area contributed by atoms with E-state index >= 15 is 0 Å². The van der Waals surface area contributed by atoms with Gasteiger partial charge >= 0.3 is 5.92 Å². The number of alkyl halides is 2. The second-order valence-electron chi connectivity index (χ2n) is 5.14. The van der Waals surface area contributed by atoms with E-state index in [0.717, 1.165) is 11.1 Å². The number of benzene rings is 2. The molecule has 0 N–H and O–H groups in total. The van der Waals surface area contributed by atoms with Gasteiger partial charge in [-0.2, -0.15) is 8.78 Å². The van der Waals surface area contributed by atoms with Gasteiger partial charge in [-0.15, -0.1) is 0 Å². The van der Waals surface area contributed by atoms with Crippen LogP contribution in [-0.2, 0) is 10.7 Å². The quantitative estimate of drug-likeness (QED) is 0.786. The molecule has 2 aliphatic heterocycles. The largest absolute Gasteiger partial charge is 0.350 e. The highest BCUT2D eigenvalue weighted by molar-refractivity contribution is 5.72. The summed E-state index contributed by atoms with van der Waals surface area (Å²) in [4.78, 5) is 1.66. The van der Waals surface area contributed by atoms with Crippen LogP contribution in [0.5, 0.6) is 0 Å². The molecular weight excluding hydrogens is 260 g/mol. The zero-order chi connectivity index (χ0) is 13.7. The minimum atomic E-state index is -2.95. The highest BCUT2D eigenvalue weighted by Crippen LogP contribution is 2.50. The van der Waals surface area contributed by atoms with Crippen LogP contribution in [0.25, 0.3) is 11.1 Å². The average molecular weight is 273 g/mol. The maximum Gasteiger partial charge on any atom is 0.319 e. The van der Waals surface area contributed by atoms with Gasteiger partial charge in [0.25, 0.3) is 0 Å². The average Bonchev–Trinajstić information content (AvgIpc) is 3.04. The van der Waals surface area contributed by atoms with Crippen LogP contribution in [0.3, 0.4) is 0 Å². The fourth-order valence-corrected chi connectivity index (χ4v) is 3.01. The molecule has 20 heavy (non-hydrogen) atoms. The Bertz CT molecular complexity index is 657. The lowest BCUT2D eigenvalue weighted by Crippen LogP contribution is -2.35. The standard InChI is InChI=1S/C16H13F2NO/c17-16(18)13-10-12(11-4-2-1-3-5-11)6-7-14(13)19-8-9-20-15(16)19/h1-7,10,15H,8-9H2. The van der Waals surface area contributed by atoms with Crippen molar-refractivity contribution in [2.24, 2.45) is 0 Å². The van der Waals surface area contributed by atoms with Gasteiger partial charge in [-0.1, -0.05) is 36.4 Å². The van der Waals surface area contributed by atoms with Gasteiger partial charge in [0.15, 0.2) is 6.23 Å². The van der Waals surface area contributed by atoms with Crippen LogP contribution in [-0.4, -0.2) is 19.4 Å². The molecule has 0 bridgehead atoms. The summed E-state index contributed by atoms with van der Waals surface area (Å²) in [6.45, 7) is 0.887. The van der Waals surface area contributed by atoms with Crippen molar-refractivity contribution in [3.8, 4) is 11.1 Å². The molecule has 1 fully saturated rings. The Labute approximate surface area is 115 Å². The molecule has 0 aliphatic carbocycles. The first-order valence-corrected chi connectivity index (χ1v) is 6.64. The molecule has 0 radical (unpaired) electrons. The minimum Gasteiger partial charge on any atom is -0.350 e. The normalized spacial score (nSPS) is 22.7. The highest BCUT2D eigenvalue weighted by Gasteiger charge is 2.56. The van der Waals surface area contributed by atoms with E-state index in [1.807, 2.05) is 36.4 Å². The Morgan fingerprint density at radius 2 is 1.85 bits per heavy atom. The van der Waals surface area contributed by atoms with Crippen molar-refractivity contribution in [3.63, 3.8) is 0 Å². The fraction of sp³-hybridized carbons (Fsp3) is 0.250. The number of halogens is 2. The predicted octanol–water partition coefficient (Wildman–Crippen LogP) is 3.62. The summed E-state index contributed by atoms with van der Waals surface area (Å²) >= 11 is 0. The molecule has 1 atom stereocenters. The molecule has 1 saturated heterocycles. The van der Waals surface area contributed by atoms with Crippen LogP contribution >= 0.6 is 0 Å². The Morgan fingerprint density at radius 3 is 2.65 bits per heavy atom. The number of rotatable bonds is 1. The van der Waals surface area contributed by atoms with E-state index in [-0.39, 0.29) is 5.56 Å². The summed E-state index contributed by atoms with van der Waals surface area (Å²) in [6.07, 6.45) is -1.14. The summed E-state index contributed by atoms with van der Waals surface area (Å²) in [6, 6.07) is 14.8. The number of ether oxygens (including phenoxy) is 1. The molecule has 2 aliphatic rings. The third kappa shape index (κ3) is 1.51. The lowest BCUT2D eigenvalue weighted by molar-refractivity contribution is -0.111. The molecule has 2 aromatic rings. The fourth-order valence-electron chi connectivity index (χ4n) is 3.01. The first kappa shape index (κ1) is 11.9. The third-order valence-electron chi connectivity index (χ3n) is 3.97. The molecule has 4 rings (SSSR count). The van der Waals surface area contributed by atoms with Gasteiger partial charge in [0.2, 0.25) is 0 Å². The van der Waals surface area contributed by atoms with Crippen LogP contribution < -0.4 is 4.90 Å². The molecule has 1 unspecified atom stereocenters. The smallest absolute Gasteiger partial charge is 0.319 e. The van der Waals surface area contributed by atoms with Crippen LogP contribution in [0.15, 0.2) is 48.5 Å². The van der Waals surface area contributed by atoms with Gasteiger partial charge in [0.05, 0.1) is 6.61 Å². The van der Waals surface area contributed by atoms with E-state index in [1.54, 1.807) is 17.0 Å². The molecular formula is C16H13F2NO. The van der Waals surface area contributed by atoms with E-state index < -0.39 is 12.2 Å². The van der Waals surface area contributed by atoms with Gasteiger partial charge in [0, 0.05) is 17.8 Å². The van der Waals surface area contributed by atoms with Gasteiger partial charge in [0.1, 0.15) is 0 Å². The van der Waals surface area contributed by atoms with Crippen LogP contribution in [0.2, 0.25) is 0 Å². The van der Waals surface area contributed by atoms with Crippen molar-refractivity contribution in [1.82, 2.24) is 0 Å². The van der Waals surface area contributed by atoms with Gasteiger partial charge < -0.3 is 9.64 Å². The van der Waals surface area contributed by atoms with Crippen molar-refractivity contribution in [2.45, 2.75) is 12.2 Å². The Kier molecular flexibility index (Phi) is 2.39.